The molecule has 4 nitrogen and oxygen atoms in total. The number of nitrogens with two attached hydrogens (primary N) is 1. The van der Waals surface area contributed by atoms with Crippen molar-refractivity contribution in [3.63, 3.8) is 0 Å². The summed E-state index contributed by atoms with van der Waals surface area (Å²) >= 11 is 5.95. The molecule has 0 unspecified atom stereocenters. The van der Waals surface area contributed by atoms with E-state index in [1.165, 1.54) is 6.26 Å². The Bertz CT molecular complexity index is 503. The van der Waals surface area contributed by atoms with Crippen LogP contribution in [-0.2, 0) is 16.3 Å². The van der Waals surface area contributed by atoms with Crippen molar-refractivity contribution in [3.8, 4) is 0 Å². The average molecular weight is 291 g/mol. The van der Waals surface area contributed by atoms with Gasteiger partial charge in [-0.05, 0) is 36.7 Å². The molecule has 1 rings (SSSR count). The standard InChI is InChI=1S/C12H19ClN2O2S/c1-15(7-8-18(2,16)17)12-4-3-11(13)9-10(12)5-6-14/h3-4,9H,5-8,14H2,1-2H3. The third kappa shape index (κ3) is 4.84. The second-order valence-corrected chi connectivity index (χ2v) is 7.06. The number of hydrogen-bond acceptors (Lipinski definition) is 4. The van der Waals surface area contributed by atoms with E-state index in [1.807, 2.05) is 24.1 Å². The minimum Gasteiger partial charge on any atom is -0.373 e. The second-order valence-electron chi connectivity index (χ2n) is 4.36. The average Bonchev–Trinajstić information content (AvgIpc) is 2.25. The van der Waals surface area contributed by atoms with Crippen LogP contribution in [0, 0.1) is 0 Å². The van der Waals surface area contributed by atoms with Gasteiger partial charge in [-0.2, -0.15) is 0 Å². The highest BCUT2D eigenvalue weighted by molar-refractivity contribution is 7.90. The van der Waals surface area contributed by atoms with Crippen LogP contribution in [0.1, 0.15) is 5.56 Å². The van der Waals surface area contributed by atoms with Gasteiger partial charge < -0.3 is 10.6 Å². The molecule has 2 N–H and O–H groups in total. The Labute approximate surface area is 114 Å². The van der Waals surface area contributed by atoms with Crippen molar-refractivity contribution in [2.45, 2.75) is 6.42 Å². The van der Waals surface area contributed by atoms with Crippen molar-refractivity contribution in [1.29, 1.82) is 0 Å². The third-order valence-electron chi connectivity index (χ3n) is 2.66. The molecule has 1 aromatic carbocycles. The van der Waals surface area contributed by atoms with Crippen LogP contribution < -0.4 is 10.6 Å². The van der Waals surface area contributed by atoms with E-state index in [0.717, 1.165) is 17.7 Å². The van der Waals surface area contributed by atoms with Gasteiger partial charge in [0.2, 0.25) is 0 Å². The summed E-state index contributed by atoms with van der Waals surface area (Å²) < 4.78 is 22.3. The van der Waals surface area contributed by atoms with Crippen LogP contribution in [0.15, 0.2) is 18.2 Å². The van der Waals surface area contributed by atoms with Gasteiger partial charge in [0.1, 0.15) is 9.84 Å². The highest BCUT2D eigenvalue weighted by Gasteiger charge is 2.10. The van der Waals surface area contributed by atoms with Crippen molar-refractivity contribution in [2.75, 3.05) is 37.0 Å². The van der Waals surface area contributed by atoms with E-state index in [4.69, 9.17) is 17.3 Å². The summed E-state index contributed by atoms with van der Waals surface area (Å²) in [6.45, 7) is 0.991. The normalized spacial score (nSPS) is 11.6. The largest absolute Gasteiger partial charge is 0.373 e. The van der Waals surface area contributed by atoms with Crippen molar-refractivity contribution in [2.24, 2.45) is 5.73 Å². The molecular formula is C12H19ClN2O2S. The van der Waals surface area contributed by atoms with Gasteiger partial charge in [-0.25, -0.2) is 8.42 Å². The summed E-state index contributed by atoms with van der Waals surface area (Å²) in [6, 6.07) is 5.57. The predicted octanol–water partition coefficient (Wildman–Crippen LogP) is 1.32. The lowest BCUT2D eigenvalue weighted by Gasteiger charge is -2.22. The van der Waals surface area contributed by atoms with Crippen LogP contribution in [-0.4, -0.2) is 40.6 Å². The fourth-order valence-electron chi connectivity index (χ4n) is 1.71. The Balaban J connectivity index is 2.87. The molecular weight excluding hydrogens is 272 g/mol. The maximum atomic E-state index is 11.2. The van der Waals surface area contributed by atoms with Crippen LogP contribution in [0.3, 0.4) is 0 Å². The molecule has 0 spiro atoms. The van der Waals surface area contributed by atoms with Crippen molar-refractivity contribution < 1.29 is 8.42 Å². The molecule has 0 aliphatic heterocycles. The number of benzene rings is 1. The van der Waals surface area contributed by atoms with Gasteiger partial charge in [0.05, 0.1) is 5.75 Å². The molecule has 0 aliphatic carbocycles. The Morgan fingerprint density at radius 3 is 2.61 bits per heavy atom. The maximum Gasteiger partial charge on any atom is 0.149 e. The molecule has 0 saturated carbocycles. The zero-order chi connectivity index (χ0) is 13.8. The first-order valence-electron chi connectivity index (χ1n) is 5.71. The summed E-state index contributed by atoms with van der Waals surface area (Å²) in [5, 5.41) is 0.665. The molecule has 1 aromatic rings. The molecule has 0 fully saturated rings. The van der Waals surface area contributed by atoms with E-state index in [0.29, 0.717) is 18.1 Å². The number of anilines is 1. The summed E-state index contributed by atoms with van der Waals surface area (Å²) in [5.74, 6) is 0.133. The molecule has 0 atom stereocenters. The quantitative estimate of drug-likeness (QED) is 0.858. The van der Waals surface area contributed by atoms with E-state index in [9.17, 15) is 8.42 Å². The Hall–Kier alpha value is -0.780. The molecule has 0 bridgehead atoms. The van der Waals surface area contributed by atoms with Crippen molar-refractivity contribution in [1.82, 2.24) is 0 Å². The van der Waals surface area contributed by atoms with E-state index in [2.05, 4.69) is 0 Å². The van der Waals surface area contributed by atoms with Gasteiger partial charge >= 0.3 is 0 Å². The summed E-state index contributed by atoms with van der Waals surface area (Å²) in [4.78, 5) is 1.92. The minimum atomic E-state index is -2.95. The van der Waals surface area contributed by atoms with Gasteiger partial charge in [0.25, 0.3) is 0 Å². The Kier molecular flexibility index (Phi) is 5.44. The Morgan fingerprint density at radius 2 is 2.06 bits per heavy atom. The zero-order valence-electron chi connectivity index (χ0n) is 10.7. The van der Waals surface area contributed by atoms with E-state index < -0.39 is 9.84 Å². The van der Waals surface area contributed by atoms with Gasteiger partial charge in [0, 0.05) is 30.6 Å². The molecule has 0 aliphatic rings. The molecule has 102 valence electrons. The SMILES string of the molecule is CN(CCS(C)(=O)=O)c1ccc(Cl)cc1CCN. The zero-order valence-corrected chi connectivity index (χ0v) is 12.3. The van der Waals surface area contributed by atoms with Crippen LogP contribution in [0.25, 0.3) is 0 Å². The first-order valence-corrected chi connectivity index (χ1v) is 8.14. The molecule has 18 heavy (non-hydrogen) atoms. The highest BCUT2D eigenvalue weighted by atomic mass is 35.5. The number of rotatable bonds is 6. The summed E-state index contributed by atoms with van der Waals surface area (Å²) in [6.07, 6.45) is 1.96. The first kappa shape index (κ1) is 15.3. The Morgan fingerprint density at radius 1 is 1.39 bits per heavy atom. The maximum absolute atomic E-state index is 11.2. The van der Waals surface area contributed by atoms with E-state index >= 15 is 0 Å². The topological polar surface area (TPSA) is 63.4 Å². The third-order valence-corrected chi connectivity index (χ3v) is 3.82. The number of hydrogen-bond donors (Lipinski definition) is 1. The van der Waals surface area contributed by atoms with Gasteiger partial charge in [-0.15, -0.1) is 0 Å². The lowest BCUT2D eigenvalue weighted by Crippen LogP contribution is -2.26. The first-order chi connectivity index (χ1) is 8.33. The lowest BCUT2D eigenvalue weighted by molar-refractivity contribution is 0.601. The van der Waals surface area contributed by atoms with E-state index in [1.54, 1.807) is 6.07 Å². The van der Waals surface area contributed by atoms with Gasteiger partial charge in [-0.3, -0.25) is 0 Å². The number of sulfone groups is 1. The van der Waals surface area contributed by atoms with Crippen LogP contribution in [0.2, 0.25) is 5.02 Å². The molecule has 0 heterocycles. The summed E-state index contributed by atoms with van der Waals surface area (Å²) in [5.41, 5.74) is 7.59. The molecule has 6 heteroatoms. The van der Waals surface area contributed by atoms with Crippen molar-refractivity contribution >= 4 is 27.1 Å². The van der Waals surface area contributed by atoms with E-state index in [-0.39, 0.29) is 5.75 Å². The number of nitrogens with zero attached hydrogens (tertiary/aromatic N) is 1. The lowest BCUT2D eigenvalue weighted by atomic mass is 10.1. The molecule has 0 saturated heterocycles. The van der Waals surface area contributed by atoms with Gasteiger partial charge in [0.15, 0.2) is 0 Å². The number of halogens is 1. The highest BCUT2D eigenvalue weighted by Crippen LogP contribution is 2.23. The van der Waals surface area contributed by atoms with Crippen LogP contribution >= 0.6 is 11.6 Å². The fourth-order valence-corrected chi connectivity index (χ4v) is 2.51. The van der Waals surface area contributed by atoms with Crippen molar-refractivity contribution in [3.05, 3.63) is 28.8 Å². The fraction of sp³-hybridized carbons (Fsp3) is 0.500. The smallest absolute Gasteiger partial charge is 0.149 e. The minimum absolute atomic E-state index is 0.133. The van der Waals surface area contributed by atoms with Crippen LogP contribution in [0.5, 0.6) is 0 Å². The molecule has 0 aromatic heterocycles. The predicted molar refractivity (Wildman–Crippen MR) is 77.2 cm³/mol. The molecule has 0 radical (unpaired) electrons. The monoisotopic (exact) mass is 290 g/mol. The summed E-state index contributed by atoms with van der Waals surface area (Å²) in [7, 11) is -1.08. The van der Waals surface area contributed by atoms with Crippen LogP contribution in [0.4, 0.5) is 5.69 Å². The van der Waals surface area contributed by atoms with Gasteiger partial charge in [-0.1, -0.05) is 11.6 Å². The molecule has 0 amide bonds. The second kappa shape index (κ2) is 6.41.